The molecule has 3 aliphatic carbocycles. The van der Waals surface area contributed by atoms with Gasteiger partial charge in [0, 0.05) is 5.92 Å². The van der Waals surface area contributed by atoms with Crippen LogP contribution in [0.15, 0.2) is 48.5 Å². The number of nitrogens with one attached hydrogen (secondary N) is 2. The first-order valence-corrected chi connectivity index (χ1v) is 11.6. The predicted molar refractivity (Wildman–Crippen MR) is 122 cm³/mol. The smallest absolute Gasteiger partial charge is 0.407 e. The summed E-state index contributed by atoms with van der Waals surface area (Å²) in [7, 11) is 0. The van der Waals surface area contributed by atoms with Crippen LogP contribution < -0.4 is 10.6 Å². The van der Waals surface area contributed by atoms with Gasteiger partial charge in [-0.05, 0) is 66.7 Å². The van der Waals surface area contributed by atoms with Crippen LogP contribution in [0.5, 0.6) is 0 Å². The minimum atomic E-state index is -1.31. The lowest BCUT2D eigenvalue weighted by Gasteiger charge is -2.29. The quantitative estimate of drug-likeness (QED) is 0.572. The molecule has 0 bridgehead atoms. The van der Waals surface area contributed by atoms with Gasteiger partial charge in [-0.15, -0.1) is 0 Å². The number of aliphatic carboxylic acids is 1. The first-order chi connectivity index (χ1) is 15.9. The molecule has 0 aromatic heterocycles. The molecular weight excluding hydrogens is 420 g/mol. The van der Waals surface area contributed by atoms with Gasteiger partial charge in [-0.3, -0.25) is 4.79 Å². The Kier molecular flexibility index (Phi) is 5.35. The lowest BCUT2D eigenvalue weighted by Crippen LogP contribution is -2.59. The molecule has 2 unspecified atom stereocenters. The molecule has 0 spiro atoms. The largest absolute Gasteiger partial charge is 0.480 e. The summed E-state index contributed by atoms with van der Waals surface area (Å²) >= 11 is 0. The van der Waals surface area contributed by atoms with Crippen molar-refractivity contribution in [3.63, 3.8) is 0 Å². The fourth-order valence-electron chi connectivity index (χ4n) is 4.92. The van der Waals surface area contributed by atoms with Crippen LogP contribution in [0.3, 0.4) is 0 Å². The molecule has 33 heavy (non-hydrogen) atoms. The summed E-state index contributed by atoms with van der Waals surface area (Å²) in [5, 5.41) is 15.1. The summed E-state index contributed by atoms with van der Waals surface area (Å²) in [6.45, 7) is 1.70. The zero-order valence-electron chi connectivity index (χ0n) is 18.5. The molecule has 2 saturated carbocycles. The summed E-state index contributed by atoms with van der Waals surface area (Å²) in [5.74, 6) is -1.64. The lowest BCUT2D eigenvalue weighted by atomic mass is 9.95. The number of alkyl carbamates (subject to hydrolysis) is 1. The molecule has 0 aliphatic heterocycles. The predicted octanol–water partition coefficient (Wildman–Crippen LogP) is 3.67. The number of carboxylic acids is 1. The Morgan fingerprint density at radius 2 is 1.58 bits per heavy atom. The molecule has 2 aromatic rings. The van der Waals surface area contributed by atoms with E-state index in [9.17, 15) is 19.5 Å². The Balaban J connectivity index is 1.25. The molecule has 2 aromatic carbocycles. The molecule has 7 nitrogen and oxygen atoms in total. The number of benzene rings is 2. The molecule has 7 heteroatoms. The van der Waals surface area contributed by atoms with E-state index in [1.54, 1.807) is 6.92 Å². The second-order valence-electron chi connectivity index (χ2n) is 9.56. The maximum absolute atomic E-state index is 13.0. The van der Waals surface area contributed by atoms with Crippen molar-refractivity contribution in [1.29, 1.82) is 0 Å². The third kappa shape index (κ3) is 4.08. The highest BCUT2D eigenvalue weighted by molar-refractivity contribution is 5.92. The highest BCUT2D eigenvalue weighted by Crippen LogP contribution is 2.44. The van der Waals surface area contributed by atoms with Gasteiger partial charge < -0.3 is 20.5 Å². The van der Waals surface area contributed by atoms with E-state index in [-0.39, 0.29) is 24.4 Å². The Labute approximate surface area is 192 Å². The van der Waals surface area contributed by atoms with Crippen LogP contribution in [0.2, 0.25) is 0 Å². The Morgan fingerprint density at radius 3 is 2.09 bits per heavy atom. The van der Waals surface area contributed by atoms with Gasteiger partial charge >= 0.3 is 12.1 Å². The average Bonchev–Trinajstić information content (AvgIpc) is 3.72. The first kappa shape index (κ1) is 21.5. The first-order valence-electron chi connectivity index (χ1n) is 11.6. The number of carboxylic acid groups (broad SMARTS) is 1. The number of carbonyl (C=O) groups is 3. The van der Waals surface area contributed by atoms with E-state index >= 15 is 0 Å². The van der Waals surface area contributed by atoms with E-state index < -0.39 is 29.6 Å². The zero-order chi connectivity index (χ0) is 23.2. The van der Waals surface area contributed by atoms with Gasteiger partial charge in [-0.2, -0.15) is 0 Å². The normalized spacial score (nSPS) is 19.5. The maximum Gasteiger partial charge on any atom is 0.407 e. The molecule has 5 rings (SSSR count). The van der Waals surface area contributed by atoms with Crippen LogP contribution in [0.25, 0.3) is 11.1 Å². The third-order valence-electron chi connectivity index (χ3n) is 7.21. The van der Waals surface area contributed by atoms with Crippen LogP contribution >= 0.6 is 0 Å². The van der Waals surface area contributed by atoms with E-state index in [1.165, 1.54) is 0 Å². The Bertz CT molecular complexity index is 1060. The number of hydrogen-bond acceptors (Lipinski definition) is 4. The molecule has 3 N–H and O–H groups in total. The van der Waals surface area contributed by atoms with Crippen LogP contribution in [0, 0.1) is 11.8 Å². The van der Waals surface area contributed by atoms with Crippen molar-refractivity contribution in [2.24, 2.45) is 11.8 Å². The van der Waals surface area contributed by atoms with Crippen LogP contribution in [0.4, 0.5) is 4.79 Å². The molecule has 2 atom stereocenters. The fraction of sp³-hybridized carbons (Fsp3) is 0.423. The summed E-state index contributed by atoms with van der Waals surface area (Å²) in [5.41, 5.74) is 3.21. The second-order valence-corrected chi connectivity index (χ2v) is 9.56. The molecule has 172 valence electrons. The molecule has 0 heterocycles. The summed E-state index contributed by atoms with van der Waals surface area (Å²) in [6, 6.07) is 15.4. The van der Waals surface area contributed by atoms with Crippen molar-refractivity contribution in [2.75, 3.05) is 6.61 Å². The van der Waals surface area contributed by atoms with Crippen LogP contribution in [-0.4, -0.2) is 41.3 Å². The number of carbonyl (C=O) groups excluding carboxylic acids is 2. The number of rotatable bonds is 8. The van der Waals surface area contributed by atoms with Gasteiger partial charge in [0.2, 0.25) is 5.91 Å². The van der Waals surface area contributed by atoms with Gasteiger partial charge in [0.25, 0.3) is 0 Å². The lowest BCUT2D eigenvalue weighted by molar-refractivity contribution is -0.148. The van der Waals surface area contributed by atoms with Crippen molar-refractivity contribution in [1.82, 2.24) is 10.6 Å². The molecule has 0 saturated heterocycles. The van der Waals surface area contributed by atoms with Crippen molar-refractivity contribution >= 4 is 18.0 Å². The number of amides is 2. The zero-order valence-corrected chi connectivity index (χ0v) is 18.5. The van der Waals surface area contributed by atoms with Crippen LogP contribution in [-0.2, 0) is 14.3 Å². The third-order valence-corrected chi connectivity index (χ3v) is 7.21. The SMILES string of the molecule is CC(NC(=O)C(NC(=O)OCC1c2ccccc2-c2ccccc21)C1CC1)(C(=O)O)C1CC1. The van der Waals surface area contributed by atoms with Gasteiger partial charge in [0.1, 0.15) is 18.2 Å². The highest BCUT2D eigenvalue weighted by atomic mass is 16.5. The van der Waals surface area contributed by atoms with Gasteiger partial charge in [0.05, 0.1) is 0 Å². The standard InChI is InChI=1S/C26H28N2O5/c1-26(24(30)31,16-12-13-16)28-23(29)22(15-10-11-15)27-25(32)33-14-21-19-8-4-2-6-17(19)18-7-3-5-9-20(18)21/h2-9,15-16,21-22H,10-14H2,1H3,(H,27,32)(H,28,29)(H,30,31). The topological polar surface area (TPSA) is 105 Å². The summed E-state index contributed by atoms with van der Waals surface area (Å²) in [4.78, 5) is 37.4. The van der Waals surface area contributed by atoms with E-state index in [2.05, 4.69) is 22.8 Å². The number of hydrogen-bond donors (Lipinski definition) is 3. The number of ether oxygens (including phenoxy) is 1. The summed E-state index contributed by atoms with van der Waals surface area (Å²) in [6.07, 6.45) is 2.52. The van der Waals surface area contributed by atoms with Gasteiger partial charge in [0.15, 0.2) is 0 Å². The van der Waals surface area contributed by atoms with Crippen molar-refractivity contribution in [2.45, 2.75) is 50.1 Å². The minimum Gasteiger partial charge on any atom is -0.480 e. The Hall–Kier alpha value is -3.35. The molecule has 2 fully saturated rings. The monoisotopic (exact) mass is 448 g/mol. The average molecular weight is 449 g/mol. The minimum absolute atomic E-state index is 0.00253. The fourth-order valence-corrected chi connectivity index (χ4v) is 4.92. The van der Waals surface area contributed by atoms with Gasteiger partial charge in [-0.1, -0.05) is 48.5 Å². The van der Waals surface area contributed by atoms with Gasteiger partial charge in [-0.25, -0.2) is 9.59 Å². The van der Waals surface area contributed by atoms with Crippen molar-refractivity contribution in [3.8, 4) is 11.1 Å². The summed E-state index contributed by atoms with van der Waals surface area (Å²) < 4.78 is 5.59. The van der Waals surface area contributed by atoms with Crippen molar-refractivity contribution in [3.05, 3.63) is 59.7 Å². The van der Waals surface area contributed by atoms with E-state index in [0.717, 1.165) is 47.9 Å². The molecule has 2 amide bonds. The van der Waals surface area contributed by atoms with E-state index in [4.69, 9.17) is 4.74 Å². The van der Waals surface area contributed by atoms with Crippen molar-refractivity contribution < 1.29 is 24.2 Å². The highest BCUT2D eigenvalue weighted by Gasteiger charge is 2.50. The van der Waals surface area contributed by atoms with E-state index in [1.807, 2.05) is 36.4 Å². The molecular formula is C26H28N2O5. The second kappa shape index (κ2) is 8.21. The maximum atomic E-state index is 13.0. The van der Waals surface area contributed by atoms with E-state index in [0.29, 0.717) is 0 Å². The number of fused-ring (bicyclic) bond motifs is 3. The van der Waals surface area contributed by atoms with Crippen LogP contribution in [0.1, 0.15) is 49.7 Å². The molecule has 0 radical (unpaired) electrons. The molecule has 3 aliphatic rings. The Morgan fingerprint density at radius 1 is 1.00 bits per heavy atom.